The van der Waals surface area contributed by atoms with Crippen LogP contribution in [0.25, 0.3) is 5.69 Å². The Balaban J connectivity index is 1.18. The molecule has 2 bridgehead atoms. The minimum atomic E-state index is -4.65. The van der Waals surface area contributed by atoms with Crippen LogP contribution in [0.2, 0.25) is 0 Å². The van der Waals surface area contributed by atoms with E-state index in [9.17, 15) is 27.6 Å². The zero-order chi connectivity index (χ0) is 36.6. The van der Waals surface area contributed by atoms with E-state index in [1.807, 2.05) is 48.5 Å². The van der Waals surface area contributed by atoms with Gasteiger partial charge >= 0.3 is 6.18 Å². The number of morpholine rings is 1. The number of amides is 3. The number of likely N-dealkylation sites (N-methyl/N-ethyl adjacent to an activating group) is 1. The zero-order valence-corrected chi connectivity index (χ0v) is 28.6. The van der Waals surface area contributed by atoms with Gasteiger partial charge in [0.05, 0.1) is 29.7 Å². The van der Waals surface area contributed by atoms with Crippen LogP contribution in [0.5, 0.6) is 0 Å². The molecular formula is C39H39F3N6O4. The largest absolute Gasteiger partial charge is 0.416 e. The summed E-state index contributed by atoms with van der Waals surface area (Å²) in [6.07, 6.45) is -0.529. The average molecular weight is 713 g/mol. The summed E-state index contributed by atoms with van der Waals surface area (Å²) in [6, 6.07) is 19.6. The van der Waals surface area contributed by atoms with E-state index < -0.39 is 35.5 Å². The van der Waals surface area contributed by atoms with Crippen molar-refractivity contribution in [2.24, 2.45) is 0 Å². The number of carbonyl (C=O) groups excluding carboxylic acids is 3. The molecule has 4 atom stereocenters. The van der Waals surface area contributed by atoms with Crippen molar-refractivity contribution in [3.8, 4) is 5.69 Å². The molecule has 2 N–H and O–H groups in total. The molecule has 13 heteroatoms. The number of hydrogen-bond acceptors (Lipinski definition) is 6. The number of hydrogen-bond donors (Lipinski definition) is 2. The second-order valence-electron chi connectivity index (χ2n) is 13.4. The van der Waals surface area contributed by atoms with Crippen molar-refractivity contribution in [2.75, 3.05) is 31.1 Å². The van der Waals surface area contributed by atoms with Gasteiger partial charge in [-0.1, -0.05) is 55.1 Å². The molecule has 52 heavy (non-hydrogen) atoms. The molecule has 2 fully saturated rings. The topological polar surface area (TPSA) is 109 Å². The van der Waals surface area contributed by atoms with Gasteiger partial charge in [-0.3, -0.25) is 24.2 Å². The van der Waals surface area contributed by atoms with Crippen molar-refractivity contribution in [3.63, 3.8) is 0 Å². The van der Waals surface area contributed by atoms with Crippen molar-refractivity contribution in [1.82, 2.24) is 25.3 Å². The van der Waals surface area contributed by atoms with Gasteiger partial charge in [-0.25, -0.2) is 4.68 Å². The van der Waals surface area contributed by atoms with Crippen molar-refractivity contribution < 1.29 is 32.3 Å². The molecule has 2 saturated heterocycles. The van der Waals surface area contributed by atoms with Gasteiger partial charge in [0, 0.05) is 55.3 Å². The zero-order valence-electron chi connectivity index (χ0n) is 28.6. The highest BCUT2D eigenvalue weighted by Gasteiger charge is 2.44. The van der Waals surface area contributed by atoms with Crippen molar-refractivity contribution in [1.29, 1.82) is 0 Å². The highest BCUT2D eigenvalue weighted by molar-refractivity contribution is 6.05. The Bertz CT molecular complexity index is 1980. The summed E-state index contributed by atoms with van der Waals surface area (Å²) >= 11 is 0. The summed E-state index contributed by atoms with van der Waals surface area (Å²) in [5.74, 6) is -1.77. The molecule has 7 rings (SSSR count). The first-order chi connectivity index (χ1) is 25.0. The molecule has 3 aromatic carbocycles. The Hall–Kier alpha value is -5.27. The highest BCUT2D eigenvalue weighted by atomic mass is 19.4. The second-order valence-corrected chi connectivity index (χ2v) is 13.4. The standard InChI is InChI=1S/C39H39F3N6O4/c1-3-47-37-32(20-44-48(37)29-13-5-4-6-14-29)33(34(38(47)51)45-36(50)27-11-8-12-28(18-27)39(40,41)42)26-10-7-9-25(17-26)19-43-35(49)24(2)21-46-22-30-15-16-31(23-46)52-30/h4-14,17-18,20,30-31,33-34H,2-3,15-16,19,21-23H2,1H3,(H,43,49)(H,45,50)/t30?,31?,33-,34+/m1/s1. The molecular weight excluding hydrogens is 673 g/mol. The van der Waals surface area contributed by atoms with Gasteiger partial charge in [0.1, 0.15) is 11.9 Å². The lowest BCUT2D eigenvalue weighted by molar-refractivity contribution is -0.137. The van der Waals surface area contributed by atoms with Gasteiger partial charge in [0.2, 0.25) is 5.91 Å². The summed E-state index contributed by atoms with van der Waals surface area (Å²) < 4.78 is 48.2. The van der Waals surface area contributed by atoms with E-state index in [0.29, 0.717) is 29.1 Å². The number of anilines is 1. The maximum Gasteiger partial charge on any atom is 0.416 e. The van der Waals surface area contributed by atoms with Crippen molar-refractivity contribution >= 4 is 23.5 Å². The first-order valence-corrected chi connectivity index (χ1v) is 17.4. The number of fused-ring (bicyclic) bond motifs is 3. The SMILES string of the molecule is C=C(CN1CC2CCC(C1)O2)C(=O)NCc1cccc([C@@H]2c3cnn(-c4ccccc4)c3N(CC)C(=O)[C@H]2NC(=O)c2cccc(C(F)(F)F)c2)c1. The minimum absolute atomic E-state index is 0.180. The molecule has 0 saturated carbocycles. The average Bonchev–Trinajstić information content (AvgIpc) is 3.73. The van der Waals surface area contributed by atoms with Crippen LogP contribution < -0.4 is 15.5 Å². The predicted octanol–water partition coefficient (Wildman–Crippen LogP) is 5.22. The number of carbonyl (C=O) groups is 3. The number of alkyl halides is 3. The van der Waals surface area contributed by atoms with Crippen molar-refractivity contribution in [3.05, 3.63) is 125 Å². The number of benzene rings is 3. The summed E-state index contributed by atoms with van der Waals surface area (Å²) in [5, 5.41) is 10.4. The molecule has 3 amide bonds. The smallest absolute Gasteiger partial charge is 0.372 e. The summed E-state index contributed by atoms with van der Waals surface area (Å²) in [4.78, 5) is 44.8. The van der Waals surface area contributed by atoms with Gasteiger partial charge in [0.25, 0.3) is 11.8 Å². The number of rotatable bonds is 10. The van der Waals surface area contributed by atoms with Crippen LogP contribution >= 0.6 is 0 Å². The third-order valence-corrected chi connectivity index (χ3v) is 9.90. The Morgan fingerprint density at radius 1 is 0.981 bits per heavy atom. The van der Waals surface area contributed by atoms with E-state index in [1.165, 1.54) is 11.0 Å². The molecule has 3 aliphatic heterocycles. The van der Waals surface area contributed by atoms with Crippen LogP contribution in [0.1, 0.15) is 58.3 Å². The molecule has 1 aromatic heterocycles. The summed E-state index contributed by atoms with van der Waals surface area (Å²) in [7, 11) is 0. The van der Waals surface area contributed by atoms with E-state index in [-0.39, 0.29) is 36.8 Å². The molecule has 4 aromatic rings. The van der Waals surface area contributed by atoms with Gasteiger partial charge < -0.3 is 15.4 Å². The molecule has 10 nitrogen and oxygen atoms in total. The van der Waals surface area contributed by atoms with E-state index in [2.05, 4.69) is 27.2 Å². The molecule has 0 aliphatic carbocycles. The Morgan fingerprint density at radius 2 is 1.71 bits per heavy atom. The van der Waals surface area contributed by atoms with E-state index in [0.717, 1.165) is 55.4 Å². The van der Waals surface area contributed by atoms with Crippen LogP contribution in [-0.4, -0.2) is 76.8 Å². The first-order valence-electron chi connectivity index (χ1n) is 17.4. The maximum atomic E-state index is 14.4. The van der Waals surface area contributed by atoms with Crippen LogP contribution in [0, 0.1) is 0 Å². The quantitative estimate of drug-likeness (QED) is 0.219. The molecule has 3 aliphatic rings. The predicted molar refractivity (Wildman–Crippen MR) is 188 cm³/mol. The fourth-order valence-corrected chi connectivity index (χ4v) is 7.45. The third kappa shape index (κ3) is 7.10. The number of aromatic nitrogens is 2. The van der Waals surface area contributed by atoms with E-state index >= 15 is 0 Å². The van der Waals surface area contributed by atoms with Crippen LogP contribution in [-0.2, 0) is 27.0 Å². The van der Waals surface area contributed by atoms with E-state index in [1.54, 1.807) is 23.9 Å². The number of nitrogens with one attached hydrogen (secondary N) is 2. The molecule has 2 unspecified atom stereocenters. The lowest BCUT2D eigenvalue weighted by Gasteiger charge is -2.38. The monoisotopic (exact) mass is 712 g/mol. The Kier molecular flexibility index (Phi) is 9.73. The number of nitrogens with zero attached hydrogens (tertiary/aromatic N) is 4. The Labute approximate surface area is 299 Å². The number of para-hydroxylation sites is 1. The summed E-state index contributed by atoms with van der Waals surface area (Å²) in [6.45, 7) is 8.25. The lowest BCUT2D eigenvalue weighted by atomic mass is 9.81. The second kappa shape index (κ2) is 14.4. The van der Waals surface area contributed by atoms with Crippen LogP contribution in [0.4, 0.5) is 19.0 Å². The first kappa shape index (κ1) is 35.1. The fourth-order valence-electron chi connectivity index (χ4n) is 7.45. The lowest BCUT2D eigenvalue weighted by Crippen LogP contribution is -2.55. The van der Waals surface area contributed by atoms with Crippen LogP contribution in [0.3, 0.4) is 0 Å². The van der Waals surface area contributed by atoms with E-state index in [4.69, 9.17) is 4.74 Å². The van der Waals surface area contributed by atoms with Crippen LogP contribution in [0.15, 0.2) is 97.2 Å². The molecule has 0 spiro atoms. The van der Waals surface area contributed by atoms with Gasteiger partial charge in [-0.15, -0.1) is 0 Å². The third-order valence-electron chi connectivity index (χ3n) is 9.90. The molecule has 0 radical (unpaired) electrons. The minimum Gasteiger partial charge on any atom is -0.372 e. The Morgan fingerprint density at radius 3 is 2.42 bits per heavy atom. The highest BCUT2D eigenvalue weighted by Crippen LogP contribution is 2.42. The van der Waals surface area contributed by atoms with Gasteiger partial charge in [-0.05, 0) is 61.2 Å². The number of likely N-dealkylation sites (tertiary alicyclic amines) is 1. The summed E-state index contributed by atoms with van der Waals surface area (Å²) in [5.41, 5.74) is 2.02. The van der Waals surface area contributed by atoms with Gasteiger partial charge in [0.15, 0.2) is 0 Å². The number of halogens is 3. The number of ether oxygens (including phenoxy) is 1. The maximum absolute atomic E-state index is 14.4. The fraction of sp³-hybridized carbons (Fsp3) is 0.333. The van der Waals surface area contributed by atoms with Gasteiger partial charge in [-0.2, -0.15) is 18.3 Å². The van der Waals surface area contributed by atoms with Crippen molar-refractivity contribution in [2.45, 2.75) is 56.7 Å². The molecule has 270 valence electrons. The molecule has 4 heterocycles. The normalized spacial score (nSPS) is 21.5.